The molecule has 0 fully saturated rings. The summed E-state index contributed by atoms with van der Waals surface area (Å²) in [5.74, 6) is 2.23. The summed E-state index contributed by atoms with van der Waals surface area (Å²) in [6.07, 6.45) is 0. The molecule has 0 aliphatic heterocycles. The SMILES string of the molecule is CCOCC(NN)c1c(F)cc(F)cc1F. The van der Waals surface area contributed by atoms with Crippen molar-refractivity contribution in [1.29, 1.82) is 0 Å². The van der Waals surface area contributed by atoms with E-state index in [0.29, 0.717) is 18.7 Å². The molecule has 1 rings (SSSR count). The first-order chi connectivity index (χ1) is 7.60. The number of halogens is 3. The van der Waals surface area contributed by atoms with Crippen LogP contribution in [0.1, 0.15) is 18.5 Å². The van der Waals surface area contributed by atoms with Gasteiger partial charge in [0, 0.05) is 24.3 Å². The molecular weight excluding hydrogens is 221 g/mol. The lowest BCUT2D eigenvalue weighted by Gasteiger charge is -2.17. The molecule has 0 aliphatic rings. The van der Waals surface area contributed by atoms with E-state index in [1.165, 1.54) is 0 Å². The molecule has 3 nitrogen and oxygen atoms in total. The van der Waals surface area contributed by atoms with Gasteiger partial charge in [0.15, 0.2) is 0 Å². The minimum atomic E-state index is -0.986. The van der Waals surface area contributed by atoms with E-state index in [9.17, 15) is 13.2 Å². The van der Waals surface area contributed by atoms with Crippen molar-refractivity contribution >= 4 is 0 Å². The van der Waals surface area contributed by atoms with Crippen molar-refractivity contribution in [2.75, 3.05) is 13.2 Å². The van der Waals surface area contributed by atoms with Gasteiger partial charge in [-0.05, 0) is 6.92 Å². The molecule has 0 amide bonds. The van der Waals surface area contributed by atoms with Crippen molar-refractivity contribution in [2.24, 2.45) is 5.84 Å². The normalized spacial score (nSPS) is 12.8. The predicted octanol–water partition coefficient (Wildman–Crippen LogP) is 1.64. The molecule has 0 bridgehead atoms. The summed E-state index contributed by atoms with van der Waals surface area (Å²) in [6.45, 7) is 2.14. The zero-order chi connectivity index (χ0) is 12.1. The van der Waals surface area contributed by atoms with Crippen LogP contribution >= 0.6 is 0 Å². The topological polar surface area (TPSA) is 47.3 Å². The third-order valence-electron chi connectivity index (χ3n) is 2.08. The van der Waals surface area contributed by atoms with Gasteiger partial charge in [-0.3, -0.25) is 11.3 Å². The van der Waals surface area contributed by atoms with Gasteiger partial charge in [-0.1, -0.05) is 0 Å². The number of nitrogens with two attached hydrogens (primary N) is 1. The summed E-state index contributed by atoms with van der Waals surface area (Å²) >= 11 is 0. The van der Waals surface area contributed by atoms with E-state index < -0.39 is 23.5 Å². The van der Waals surface area contributed by atoms with Crippen LogP contribution in [0.15, 0.2) is 12.1 Å². The fourth-order valence-corrected chi connectivity index (χ4v) is 1.34. The number of hydrazine groups is 1. The molecule has 0 saturated heterocycles. The third kappa shape index (κ3) is 2.94. The highest BCUT2D eigenvalue weighted by atomic mass is 19.1. The van der Waals surface area contributed by atoms with Crippen LogP contribution in [0.2, 0.25) is 0 Å². The van der Waals surface area contributed by atoms with E-state index >= 15 is 0 Å². The van der Waals surface area contributed by atoms with Crippen LogP contribution in [-0.2, 0) is 4.74 Å². The molecule has 0 aliphatic carbocycles. The first-order valence-electron chi connectivity index (χ1n) is 4.78. The average molecular weight is 234 g/mol. The van der Waals surface area contributed by atoms with Crippen LogP contribution in [0.4, 0.5) is 13.2 Å². The zero-order valence-corrected chi connectivity index (χ0v) is 8.77. The van der Waals surface area contributed by atoms with Crippen LogP contribution in [-0.4, -0.2) is 13.2 Å². The second-order valence-electron chi connectivity index (χ2n) is 3.16. The number of hydrogen-bond donors (Lipinski definition) is 2. The molecule has 0 spiro atoms. The fraction of sp³-hybridized carbons (Fsp3) is 0.400. The van der Waals surface area contributed by atoms with E-state index in [4.69, 9.17) is 10.6 Å². The summed E-state index contributed by atoms with van der Waals surface area (Å²) in [5.41, 5.74) is 1.90. The number of rotatable bonds is 5. The molecule has 3 N–H and O–H groups in total. The van der Waals surface area contributed by atoms with Gasteiger partial charge in [-0.25, -0.2) is 13.2 Å². The van der Waals surface area contributed by atoms with Crippen LogP contribution in [0.3, 0.4) is 0 Å². The molecule has 0 heterocycles. The van der Waals surface area contributed by atoms with Crippen molar-refractivity contribution < 1.29 is 17.9 Å². The number of nitrogens with one attached hydrogen (secondary N) is 1. The van der Waals surface area contributed by atoms with Gasteiger partial charge in [-0.15, -0.1) is 0 Å². The fourth-order valence-electron chi connectivity index (χ4n) is 1.34. The van der Waals surface area contributed by atoms with Crippen molar-refractivity contribution in [2.45, 2.75) is 13.0 Å². The molecule has 16 heavy (non-hydrogen) atoms. The first-order valence-corrected chi connectivity index (χ1v) is 4.78. The minimum Gasteiger partial charge on any atom is -0.380 e. The monoisotopic (exact) mass is 234 g/mol. The van der Waals surface area contributed by atoms with Gasteiger partial charge in [0.2, 0.25) is 0 Å². The Bertz CT molecular complexity index is 337. The molecule has 0 saturated carbocycles. The lowest BCUT2D eigenvalue weighted by molar-refractivity contribution is 0.120. The summed E-state index contributed by atoms with van der Waals surface area (Å²) in [7, 11) is 0. The van der Waals surface area contributed by atoms with Crippen molar-refractivity contribution in [3.8, 4) is 0 Å². The Labute approximate surface area is 91.4 Å². The van der Waals surface area contributed by atoms with Crippen molar-refractivity contribution in [3.05, 3.63) is 35.1 Å². The molecule has 6 heteroatoms. The van der Waals surface area contributed by atoms with Crippen molar-refractivity contribution in [3.63, 3.8) is 0 Å². The highest BCUT2D eigenvalue weighted by Crippen LogP contribution is 2.21. The van der Waals surface area contributed by atoms with E-state index in [2.05, 4.69) is 5.43 Å². The minimum absolute atomic E-state index is 0.00642. The van der Waals surface area contributed by atoms with Crippen LogP contribution in [0, 0.1) is 17.5 Å². The van der Waals surface area contributed by atoms with Gasteiger partial charge in [-0.2, -0.15) is 0 Å². The number of benzene rings is 1. The Kier molecular flexibility index (Phi) is 4.72. The Balaban J connectivity index is 2.99. The Morgan fingerprint density at radius 1 is 1.31 bits per heavy atom. The summed E-state index contributed by atoms with van der Waals surface area (Å²) in [6, 6.07) is 0.365. The predicted molar refractivity (Wildman–Crippen MR) is 52.9 cm³/mol. The molecule has 90 valence electrons. The summed E-state index contributed by atoms with van der Waals surface area (Å²) in [4.78, 5) is 0. The van der Waals surface area contributed by atoms with E-state index in [0.717, 1.165) is 0 Å². The van der Waals surface area contributed by atoms with E-state index in [-0.39, 0.29) is 12.2 Å². The van der Waals surface area contributed by atoms with Crippen LogP contribution in [0.5, 0.6) is 0 Å². The Hall–Kier alpha value is -1.11. The lowest BCUT2D eigenvalue weighted by atomic mass is 10.1. The number of hydrogen-bond acceptors (Lipinski definition) is 3. The van der Waals surface area contributed by atoms with Gasteiger partial charge in [0.1, 0.15) is 17.5 Å². The quantitative estimate of drug-likeness (QED) is 0.601. The second kappa shape index (κ2) is 5.83. The standard InChI is InChI=1S/C10H13F3N2O/c1-2-16-5-9(15-14)10-7(12)3-6(11)4-8(10)13/h3-4,9,15H,2,5,14H2,1H3. The maximum Gasteiger partial charge on any atom is 0.133 e. The highest BCUT2D eigenvalue weighted by molar-refractivity contribution is 5.24. The molecular formula is C10H13F3N2O. The Morgan fingerprint density at radius 2 is 1.88 bits per heavy atom. The molecule has 1 aromatic rings. The van der Waals surface area contributed by atoms with Gasteiger partial charge in [0.25, 0.3) is 0 Å². The molecule has 1 atom stereocenters. The summed E-state index contributed by atoms with van der Waals surface area (Å²) in [5, 5.41) is 0. The molecule has 0 aromatic heterocycles. The molecule has 1 unspecified atom stereocenters. The lowest BCUT2D eigenvalue weighted by Crippen LogP contribution is -2.33. The van der Waals surface area contributed by atoms with Crippen LogP contribution < -0.4 is 11.3 Å². The molecule has 0 radical (unpaired) electrons. The Morgan fingerprint density at radius 3 is 2.31 bits per heavy atom. The average Bonchev–Trinajstić information content (AvgIpc) is 2.21. The van der Waals surface area contributed by atoms with E-state index in [1.807, 2.05) is 0 Å². The maximum absolute atomic E-state index is 13.3. The third-order valence-corrected chi connectivity index (χ3v) is 2.08. The van der Waals surface area contributed by atoms with Crippen LogP contribution in [0.25, 0.3) is 0 Å². The van der Waals surface area contributed by atoms with E-state index in [1.54, 1.807) is 6.92 Å². The largest absolute Gasteiger partial charge is 0.380 e. The highest BCUT2D eigenvalue weighted by Gasteiger charge is 2.20. The second-order valence-corrected chi connectivity index (χ2v) is 3.16. The smallest absolute Gasteiger partial charge is 0.133 e. The summed E-state index contributed by atoms with van der Waals surface area (Å²) < 4.78 is 44.4. The number of ether oxygens (including phenoxy) is 1. The first kappa shape index (κ1) is 13.0. The zero-order valence-electron chi connectivity index (χ0n) is 8.77. The van der Waals surface area contributed by atoms with Crippen molar-refractivity contribution in [1.82, 2.24) is 5.43 Å². The molecule has 1 aromatic carbocycles. The maximum atomic E-state index is 13.3. The van der Waals surface area contributed by atoms with Gasteiger partial charge < -0.3 is 4.74 Å². The van der Waals surface area contributed by atoms with Gasteiger partial charge in [0.05, 0.1) is 12.6 Å². The van der Waals surface area contributed by atoms with Gasteiger partial charge >= 0.3 is 0 Å².